The van der Waals surface area contributed by atoms with E-state index in [1.54, 1.807) is 6.92 Å². The first kappa shape index (κ1) is 17.6. The summed E-state index contributed by atoms with van der Waals surface area (Å²) in [6.45, 7) is 8.60. The minimum Gasteiger partial charge on any atom is -0.466 e. The average Bonchev–Trinajstić information content (AvgIpc) is 2.61. The summed E-state index contributed by atoms with van der Waals surface area (Å²) in [5, 5.41) is 0. The number of fused-ring (bicyclic) bond motifs is 1. The molecule has 7 nitrogen and oxygen atoms in total. The highest BCUT2D eigenvalue weighted by atomic mass is 16.5. The van der Waals surface area contributed by atoms with Gasteiger partial charge in [-0.2, -0.15) is 0 Å². The lowest BCUT2D eigenvalue weighted by Gasteiger charge is -2.36. The summed E-state index contributed by atoms with van der Waals surface area (Å²) >= 11 is 0. The minimum absolute atomic E-state index is 0.0244. The van der Waals surface area contributed by atoms with Crippen molar-refractivity contribution in [2.24, 2.45) is 5.92 Å². The predicted molar refractivity (Wildman–Crippen MR) is 93.1 cm³/mol. The van der Waals surface area contributed by atoms with Gasteiger partial charge < -0.3 is 14.5 Å². The van der Waals surface area contributed by atoms with Crippen molar-refractivity contribution < 1.29 is 14.3 Å². The lowest BCUT2D eigenvalue weighted by atomic mass is 9.96. The molecule has 2 aliphatic heterocycles. The first-order chi connectivity index (χ1) is 12.0. The van der Waals surface area contributed by atoms with E-state index in [4.69, 9.17) is 4.74 Å². The summed E-state index contributed by atoms with van der Waals surface area (Å²) < 4.78 is 5.15. The molecule has 0 radical (unpaired) electrons. The van der Waals surface area contributed by atoms with Gasteiger partial charge in [0.1, 0.15) is 11.6 Å². The van der Waals surface area contributed by atoms with Crippen molar-refractivity contribution in [3.63, 3.8) is 0 Å². The molecule has 0 unspecified atom stereocenters. The Hall–Kier alpha value is -2.18. The van der Waals surface area contributed by atoms with E-state index in [1.807, 2.05) is 18.7 Å². The number of hydrogen-bond donors (Lipinski definition) is 0. The zero-order valence-corrected chi connectivity index (χ0v) is 15.2. The molecule has 1 aromatic rings. The molecule has 0 spiro atoms. The molecule has 0 atom stereocenters. The Morgan fingerprint density at radius 3 is 2.56 bits per heavy atom. The molecule has 2 aliphatic rings. The summed E-state index contributed by atoms with van der Waals surface area (Å²) in [7, 11) is 0. The third-order valence-corrected chi connectivity index (χ3v) is 5.01. The first-order valence-electron chi connectivity index (χ1n) is 9.03. The zero-order chi connectivity index (χ0) is 18.0. The van der Waals surface area contributed by atoms with Crippen molar-refractivity contribution in [2.75, 3.05) is 31.1 Å². The number of piperidine rings is 1. The van der Waals surface area contributed by atoms with Gasteiger partial charge in [-0.15, -0.1) is 0 Å². The SMILES string of the molecule is CCOC(=O)C1CCN(c2nc(C)nc3c2CN(C(C)=O)CC3)CC1. The summed E-state index contributed by atoms with van der Waals surface area (Å²) in [6.07, 6.45) is 2.31. The molecule has 0 saturated carbocycles. The minimum atomic E-state index is -0.0919. The van der Waals surface area contributed by atoms with Gasteiger partial charge in [-0.25, -0.2) is 9.97 Å². The van der Waals surface area contributed by atoms with Crippen LogP contribution in [0, 0.1) is 12.8 Å². The van der Waals surface area contributed by atoms with E-state index in [1.165, 1.54) is 0 Å². The van der Waals surface area contributed by atoms with Gasteiger partial charge in [0.25, 0.3) is 0 Å². The van der Waals surface area contributed by atoms with Gasteiger partial charge in [-0.05, 0) is 26.7 Å². The molecule has 136 valence electrons. The van der Waals surface area contributed by atoms with Crippen molar-refractivity contribution in [3.05, 3.63) is 17.1 Å². The van der Waals surface area contributed by atoms with Gasteiger partial charge in [-0.1, -0.05) is 0 Å². The van der Waals surface area contributed by atoms with E-state index < -0.39 is 0 Å². The lowest BCUT2D eigenvalue weighted by Crippen LogP contribution is -2.40. The highest BCUT2D eigenvalue weighted by Gasteiger charge is 2.30. The van der Waals surface area contributed by atoms with E-state index in [0.717, 1.165) is 55.3 Å². The average molecular weight is 346 g/mol. The highest BCUT2D eigenvalue weighted by Crippen LogP contribution is 2.30. The maximum Gasteiger partial charge on any atom is 0.309 e. The topological polar surface area (TPSA) is 75.6 Å². The van der Waals surface area contributed by atoms with Crippen LogP contribution < -0.4 is 4.90 Å². The lowest BCUT2D eigenvalue weighted by molar-refractivity contribution is -0.148. The van der Waals surface area contributed by atoms with Crippen molar-refractivity contribution in [2.45, 2.75) is 46.6 Å². The number of hydrogen-bond acceptors (Lipinski definition) is 6. The molecule has 0 aromatic carbocycles. The molecule has 1 saturated heterocycles. The Morgan fingerprint density at radius 1 is 1.20 bits per heavy atom. The predicted octanol–water partition coefficient (Wildman–Crippen LogP) is 1.47. The molecular formula is C18H26N4O3. The van der Waals surface area contributed by atoms with Crippen LogP contribution in [0.4, 0.5) is 5.82 Å². The molecule has 1 amide bonds. The number of esters is 1. The normalized spacial score (nSPS) is 18.0. The summed E-state index contributed by atoms with van der Waals surface area (Å²) in [4.78, 5) is 37.0. The Labute approximate surface area is 148 Å². The zero-order valence-electron chi connectivity index (χ0n) is 15.2. The molecule has 1 aromatic heterocycles. The van der Waals surface area contributed by atoms with Crippen molar-refractivity contribution in [3.8, 4) is 0 Å². The van der Waals surface area contributed by atoms with E-state index in [-0.39, 0.29) is 17.8 Å². The van der Waals surface area contributed by atoms with Gasteiger partial charge in [0.15, 0.2) is 0 Å². The molecule has 0 bridgehead atoms. The quantitative estimate of drug-likeness (QED) is 0.772. The van der Waals surface area contributed by atoms with Crippen LogP contribution in [0.3, 0.4) is 0 Å². The van der Waals surface area contributed by atoms with Crippen LogP contribution in [0.1, 0.15) is 43.8 Å². The fourth-order valence-electron chi connectivity index (χ4n) is 3.63. The van der Waals surface area contributed by atoms with Crippen molar-refractivity contribution >= 4 is 17.7 Å². The second-order valence-corrected chi connectivity index (χ2v) is 6.72. The molecule has 3 heterocycles. The van der Waals surface area contributed by atoms with Crippen LogP contribution in [-0.4, -0.2) is 53.0 Å². The second-order valence-electron chi connectivity index (χ2n) is 6.72. The smallest absolute Gasteiger partial charge is 0.309 e. The summed E-state index contributed by atoms with van der Waals surface area (Å²) in [5.74, 6) is 1.65. The van der Waals surface area contributed by atoms with E-state index in [0.29, 0.717) is 19.7 Å². The van der Waals surface area contributed by atoms with Crippen LogP contribution in [0.5, 0.6) is 0 Å². The fourth-order valence-corrected chi connectivity index (χ4v) is 3.63. The van der Waals surface area contributed by atoms with Gasteiger partial charge in [0.2, 0.25) is 5.91 Å². The monoisotopic (exact) mass is 346 g/mol. The van der Waals surface area contributed by atoms with Gasteiger partial charge >= 0.3 is 5.97 Å². The molecule has 0 aliphatic carbocycles. The van der Waals surface area contributed by atoms with Gasteiger partial charge in [-0.3, -0.25) is 9.59 Å². The van der Waals surface area contributed by atoms with Crippen LogP contribution in [0.15, 0.2) is 0 Å². The number of aromatic nitrogens is 2. The van der Waals surface area contributed by atoms with Crippen LogP contribution in [-0.2, 0) is 27.3 Å². The molecule has 25 heavy (non-hydrogen) atoms. The Kier molecular flexibility index (Phi) is 5.20. The van der Waals surface area contributed by atoms with E-state index >= 15 is 0 Å². The number of nitrogens with zero attached hydrogens (tertiary/aromatic N) is 4. The number of carbonyl (C=O) groups excluding carboxylic acids is 2. The Balaban J connectivity index is 1.78. The third-order valence-electron chi connectivity index (χ3n) is 5.01. The maximum atomic E-state index is 11.9. The summed E-state index contributed by atoms with van der Waals surface area (Å²) in [6, 6.07) is 0. The number of aryl methyl sites for hydroxylation is 1. The second kappa shape index (κ2) is 7.37. The number of carbonyl (C=O) groups is 2. The van der Waals surface area contributed by atoms with Crippen LogP contribution >= 0.6 is 0 Å². The number of amides is 1. The maximum absolute atomic E-state index is 11.9. The van der Waals surface area contributed by atoms with E-state index in [2.05, 4.69) is 14.9 Å². The van der Waals surface area contributed by atoms with Crippen molar-refractivity contribution in [1.82, 2.24) is 14.9 Å². The summed E-state index contributed by atoms with van der Waals surface area (Å²) in [5.41, 5.74) is 2.11. The van der Waals surface area contributed by atoms with Crippen LogP contribution in [0.2, 0.25) is 0 Å². The molecule has 7 heteroatoms. The number of ether oxygens (including phenoxy) is 1. The third kappa shape index (κ3) is 3.75. The first-order valence-corrected chi connectivity index (χ1v) is 9.03. The van der Waals surface area contributed by atoms with Gasteiger partial charge in [0.05, 0.1) is 24.8 Å². The fraction of sp³-hybridized carbons (Fsp3) is 0.667. The highest BCUT2D eigenvalue weighted by molar-refractivity contribution is 5.74. The Bertz CT molecular complexity index is 669. The number of anilines is 1. The molecular weight excluding hydrogens is 320 g/mol. The van der Waals surface area contributed by atoms with Crippen molar-refractivity contribution in [1.29, 1.82) is 0 Å². The molecule has 1 fully saturated rings. The molecule has 0 N–H and O–H groups in total. The van der Waals surface area contributed by atoms with Crippen LogP contribution in [0.25, 0.3) is 0 Å². The standard InChI is InChI=1S/C18H26N4O3/c1-4-25-18(24)14-5-8-21(9-6-14)17-15-11-22(13(3)23)10-7-16(15)19-12(2)20-17/h14H,4-11H2,1-3H3. The van der Waals surface area contributed by atoms with E-state index in [9.17, 15) is 9.59 Å². The number of rotatable bonds is 3. The van der Waals surface area contributed by atoms with Gasteiger partial charge in [0, 0.05) is 38.5 Å². The molecule has 3 rings (SSSR count). The Morgan fingerprint density at radius 2 is 1.92 bits per heavy atom. The largest absolute Gasteiger partial charge is 0.466 e.